The van der Waals surface area contributed by atoms with Crippen LogP contribution in [0, 0.1) is 0 Å². The number of carbonyl (C=O) groups excluding carboxylic acids is 1. The molecule has 0 atom stereocenters. The van der Waals surface area contributed by atoms with Crippen molar-refractivity contribution in [1.29, 1.82) is 0 Å². The summed E-state index contributed by atoms with van der Waals surface area (Å²) in [5.74, 6) is 0.0651. The number of anilines is 1. The fraction of sp³-hybridized carbons (Fsp3) is 0.636. The first-order valence-corrected chi connectivity index (χ1v) is 6.33. The van der Waals surface area contributed by atoms with Gasteiger partial charge in [-0.25, -0.2) is 0 Å². The van der Waals surface area contributed by atoms with E-state index < -0.39 is 4.75 Å². The van der Waals surface area contributed by atoms with Crippen LogP contribution in [0.4, 0.5) is 5.69 Å². The number of rotatable bonds is 2. The second-order valence-corrected chi connectivity index (χ2v) is 6.18. The zero-order valence-corrected chi connectivity index (χ0v) is 10.9. The van der Waals surface area contributed by atoms with Gasteiger partial charge in [-0.1, -0.05) is 25.1 Å². The van der Waals surface area contributed by atoms with Crippen LogP contribution >= 0.6 is 11.8 Å². The molecule has 1 amide bonds. The molecule has 1 aliphatic heterocycles. The van der Waals surface area contributed by atoms with Gasteiger partial charge in [0.05, 0.1) is 16.1 Å². The average Bonchev–Trinajstić information content (AvgIpc) is 2.46. The van der Waals surface area contributed by atoms with E-state index in [4.69, 9.17) is 0 Å². The average molecular weight is 239 g/mol. The Labute approximate surface area is 99.8 Å². The number of fused-ring (bicyclic) bond motifs is 1. The Balaban J connectivity index is 2.44. The fourth-order valence-electron chi connectivity index (χ4n) is 1.77. The van der Waals surface area contributed by atoms with Crippen LogP contribution in [0.3, 0.4) is 0 Å². The van der Waals surface area contributed by atoms with E-state index in [2.05, 4.69) is 17.3 Å². The van der Waals surface area contributed by atoms with Gasteiger partial charge in [0, 0.05) is 7.05 Å². The lowest BCUT2D eigenvalue weighted by Crippen LogP contribution is -2.37. The first-order chi connectivity index (χ1) is 7.45. The molecular weight excluding hydrogens is 222 g/mol. The summed E-state index contributed by atoms with van der Waals surface area (Å²) in [6.45, 7) is 5.98. The summed E-state index contributed by atoms with van der Waals surface area (Å²) in [7, 11) is 1.93. The van der Waals surface area contributed by atoms with Crippen LogP contribution in [0.2, 0.25) is 0 Å². The van der Waals surface area contributed by atoms with Crippen molar-refractivity contribution in [2.75, 3.05) is 5.32 Å². The van der Waals surface area contributed by atoms with Crippen LogP contribution in [0.25, 0.3) is 0 Å². The zero-order chi connectivity index (χ0) is 11.9. The zero-order valence-electron chi connectivity index (χ0n) is 10.1. The maximum atomic E-state index is 11.9. The van der Waals surface area contributed by atoms with E-state index in [1.165, 1.54) is 0 Å². The summed E-state index contributed by atoms with van der Waals surface area (Å²) in [6, 6.07) is 0. The van der Waals surface area contributed by atoms with Crippen LogP contribution in [0.5, 0.6) is 0 Å². The predicted molar refractivity (Wildman–Crippen MR) is 65.8 cm³/mol. The standard InChI is InChI=1S/C11H17N3OS/c1-5-6-7-8-9(14(4)13-7)16-11(2,3)10(15)12-8/h5-6H2,1-4H3,(H,12,15). The number of aryl methyl sites for hydroxylation is 2. The highest BCUT2D eigenvalue weighted by molar-refractivity contribution is 8.01. The maximum Gasteiger partial charge on any atom is 0.240 e. The van der Waals surface area contributed by atoms with Gasteiger partial charge in [0.2, 0.25) is 5.91 Å². The molecule has 0 aromatic carbocycles. The summed E-state index contributed by atoms with van der Waals surface area (Å²) in [5.41, 5.74) is 1.91. The van der Waals surface area contributed by atoms with Crippen LogP contribution < -0.4 is 5.32 Å². The molecule has 0 fully saturated rings. The number of hydrogen-bond acceptors (Lipinski definition) is 3. The third-order valence-electron chi connectivity index (χ3n) is 2.69. The Morgan fingerprint density at radius 3 is 2.81 bits per heavy atom. The largest absolute Gasteiger partial charge is 0.321 e. The van der Waals surface area contributed by atoms with Crippen molar-refractivity contribution in [3.8, 4) is 0 Å². The highest BCUT2D eigenvalue weighted by Gasteiger charge is 2.37. The molecule has 0 aliphatic carbocycles. The molecule has 0 saturated heterocycles. The van der Waals surface area contributed by atoms with Crippen LogP contribution in [-0.4, -0.2) is 20.4 Å². The summed E-state index contributed by atoms with van der Waals surface area (Å²) in [4.78, 5) is 11.9. The van der Waals surface area contributed by atoms with Crippen molar-refractivity contribution in [2.45, 2.75) is 43.4 Å². The molecule has 2 rings (SSSR count). The van der Waals surface area contributed by atoms with Crippen molar-refractivity contribution in [3.63, 3.8) is 0 Å². The summed E-state index contributed by atoms with van der Waals surface area (Å²) < 4.78 is 1.45. The van der Waals surface area contributed by atoms with Crippen molar-refractivity contribution >= 4 is 23.4 Å². The first-order valence-electron chi connectivity index (χ1n) is 5.52. The van der Waals surface area contributed by atoms with E-state index in [1.807, 2.05) is 25.6 Å². The van der Waals surface area contributed by atoms with Gasteiger partial charge in [-0.3, -0.25) is 9.48 Å². The monoisotopic (exact) mass is 239 g/mol. The third-order valence-corrected chi connectivity index (χ3v) is 4.05. The van der Waals surface area contributed by atoms with Gasteiger partial charge < -0.3 is 5.32 Å². The smallest absolute Gasteiger partial charge is 0.240 e. The summed E-state index contributed by atoms with van der Waals surface area (Å²) in [6.07, 6.45) is 1.94. The van der Waals surface area contributed by atoms with Crippen LogP contribution in [-0.2, 0) is 18.3 Å². The molecule has 4 nitrogen and oxygen atoms in total. The highest BCUT2D eigenvalue weighted by Crippen LogP contribution is 2.43. The van der Waals surface area contributed by atoms with Crippen molar-refractivity contribution in [3.05, 3.63) is 5.69 Å². The highest BCUT2D eigenvalue weighted by atomic mass is 32.2. The lowest BCUT2D eigenvalue weighted by atomic mass is 10.1. The van der Waals surface area contributed by atoms with E-state index in [-0.39, 0.29) is 5.91 Å². The molecule has 1 aliphatic rings. The fourth-order valence-corrected chi connectivity index (χ4v) is 2.84. The Bertz CT molecular complexity index is 437. The Morgan fingerprint density at radius 2 is 2.19 bits per heavy atom. The SMILES string of the molecule is CCCc1nn(C)c2c1NC(=O)C(C)(C)S2. The van der Waals surface area contributed by atoms with Gasteiger partial charge >= 0.3 is 0 Å². The first kappa shape index (κ1) is 11.5. The predicted octanol–water partition coefficient (Wildman–Crippen LogP) is 2.20. The van der Waals surface area contributed by atoms with Crippen molar-refractivity contribution in [1.82, 2.24) is 9.78 Å². The molecule has 1 aromatic rings. The van der Waals surface area contributed by atoms with Gasteiger partial charge in [0.25, 0.3) is 0 Å². The lowest BCUT2D eigenvalue weighted by molar-refractivity contribution is -0.117. The van der Waals surface area contributed by atoms with E-state index >= 15 is 0 Å². The molecule has 0 unspecified atom stereocenters. The van der Waals surface area contributed by atoms with E-state index in [0.29, 0.717) is 0 Å². The molecule has 0 spiro atoms. The minimum Gasteiger partial charge on any atom is -0.321 e. The number of hydrogen-bond donors (Lipinski definition) is 1. The Hall–Kier alpha value is -0.970. The van der Waals surface area contributed by atoms with Gasteiger partial charge in [-0.15, -0.1) is 0 Å². The van der Waals surface area contributed by atoms with Crippen molar-refractivity contribution in [2.24, 2.45) is 7.05 Å². The normalized spacial score (nSPS) is 18.1. The maximum absolute atomic E-state index is 11.9. The Kier molecular flexibility index (Phi) is 2.74. The number of amides is 1. The Morgan fingerprint density at radius 1 is 1.50 bits per heavy atom. The second kappa shape index (κ2) is 3.80. The van der Waals surface area contributed by atoms with Crippen LogP contribution in [0.1, 0.15) is 32.9 Å². The van der Waals surface area contributed by atoms with E-state index in [0.717, 1.165) is 29.2 Å². The van der Waals surface area contributed by atoms with Gasteiger partial charge in [-0.05, 0) is 20.3 Å². The molecule has 1 N–H and O–H groups in total. The molecule has 0 radical (unpaired) electrons. The number of nitrogens with one attached hydrogen (secondary N) is 1. The minimum absolute atomic E-state index is 0.0651. The van der Waals surface area contributed by atoms with E-state index in [1.54, 1.807) is 11.8 Å². The second-order valence-electron chi connectivity index (χ2n) is 4.57. The molecule has 0 bridgehead atoms. The number of aromatic nitrogens is 2. The van der Waals surface area contributed by atoms with Crippen molar-refractivity contribution < 1.29 is 4.79 Å². The van der Waals surface area contributed by atoms with Crippen LogP contribution in [0.15, 0.2) is 5.03 Å². The number of thioether (sulfide) groups is 1. The van der Waals surface area contributed by atoms with Gasteiger partial charge in [0.15, 0.2) is 0 Å². The topological polar surface area (TPSA) is 46.9 Å². The molecule has 5 heteroatoms. The van der Waals surface area contributed by atoms with E-state index in [9.17, 15) is 4.79 Å². The summed E-state index contributed by atoms with van der Waals surface area (Å²) >= 11 is 1.58. The molecule has 88 valence electrons. The number of nitrogens with zero attached hydrogens (tertiary/aromatic N) is 2. The third kappa shape index (κ3) is 1.73. The molecule has 2 heterocycles. The summed E-state index contributed by atoms with van der Waals surface area (Å²) in [5, 5.41) is 8.51. The minimum atomic E-state index is -0.412. The quantitative estimate of drug-likeness (QED) is 0.860. The van der Waals surface area contributed by atoms with Gasteiger partial charge in [0.1, 0.15) is 5.03 Å². The molecule has 1 aromatic heterocycles. The molecule has 16 heavy (non-hydrogen) atoms. The molecular formula is C11H17N3OS. The lowest BCUT2D eigenvalue weighted by Gasteiger charge is -2.28. The molecule has 0 saturated carbocycles. The number of carbonyl (C=O) groups is 1. The van der Waals surface area contributed by atoms with Gasteiger partial charge in [-0.2, -0.15) is 5.10 Å².